The largest absolute Gasteiger partial charge is 0.238 e. The first-order valence-corrected chi connectivity index (χ1v) is 6.66. The van der Waals surface area contributed by atoms with Crippen molar-refractivity contribution in [2.75, 3.05) is 0 Å². The lowest BCUT2D eigenvalue weighted by atomic mass is 10.1. The molecule has 0 unspecified atom stereocenters. The SMILES string of the molecule is Cc1cc(C)n(-c2ccc3cc(Br)ccc3c2)n1. The maximum atomic E-state index is 4.51. The minimum absolute atomic E-state index is 1.04. The first-order valence-electron chi connectivity index (χ1n) is 5.86. The van der Waals surface area contributed by atoms with Crippen molar-refractivity contribution in [1.29, 1.82) is 0 Å². The van der Waals surface area contributed by atoms with Crippen molar-refractivity contribution in [3.63, 3.8) is 0 Å². The molecule has 2 aromatic carbocycles. The van der Waals surface area contributed by atoms with E-state index < -0.39 is 0 Å². The van der Waals surface area contributed by atoms with E-state index in [0.29, 0.717) is 0 Å². The Morgan fingerprint density at radius 1 is 0.944 bits per heavy atom. The van der Waals surface area contributed by atoms with Gasteiger partial charge in [0.25, 0.3) is 0 Å². The molecule has 0 atom stereocenters. The fourth-order valence-electron chi connectivity index (χ4n) is 2.23. The Morgan fingerprint density at radius 2 is 1.67 bits per heavy atom. The second-order valence-electron chi connectivity index (χ2n) is 4.51. The van der Waals surface area contributed by atoms with Gasteiger partial charge in [-0.05, 0) is 55.0 Å². The maximum Gasteiger partial charge on any atom is 0.0655 e. The molecule has 0 bridgehead atoms. The smallest absolute Gasteiger partial charge is 0.0655 e. The minimum atomic E-state index is 1.04. The van der Waals surface area contributed by atoms with Gasteiger partial charge in [0, 0.05) is 10.2 Å². The Hall–Kier alpha value is -1.61. The summed E-state index contributed by atoms with van der Waals surface area (Å²) < 4.78 is 3.09. The summed E-state index contributed by atoms with van der Waals surface area (Å²) in [5.74, 6) is 0. The molecule has 0 radical (unpaired) electrons. The summed E-state index contributed by atoms with van der Waals surface area (Å²) in [5.41, 5.74) is 3.31. The van der Waals surface area contributed by atoms with Gasteiger partial charge in [-0.2, -0.15) is 5.10 Å². The molecule has 1 aromatic heterocycles. The monoisotopic (exact) mass is 300 g/mol. The summed E-state index contributed by atoms with van der Waals surface area (Å²) in [7, 11) is 0. The van der Waals surface area contributed by atoms with Crippen LogP contribution in [0.3, 0.4) is 0 Å². The van der Waals surface area contributed by atoms with Crippen LogP contribution in [-0.4, -0.2) is 9.78 Å². The first kappa shape index (κ1) is 11.5. The van der Waals surface area contributed by atoms with Gasteiger partial charge >= 0.3 is 0 Å². The van der Waals surface area contributed by atoms with Gasteiger partial charge in [-0.3, -0.25) is 0 Å². The molecule has 0 aliphatic heterocycles. The number of rotatable bonds is 1. The zero-order valence-corrected chi connectivity index (χ0v) is 11.9. The highest BCUT2D eigenvalue weighted by Crippen LogP contribution is 2.23. The topological polar surface area (TPSA) is 17.8 Å². The van der Waals surface area contributed by atoms with E-state index in [4.69, 9.17) is 0 Å². The molecule has 0 aliphatic carbocycles. The van der Waals surface area contributed by atoms with Gasteiger partial charge < -0.3 is 0 Å². The van der Waals surface area contributed by atoms with Crippen LogP contribution in [0.1, 0.15) is 11.4 Å². The quantitative estimate of drug-likeness (QED) is 0.651. The van der Waals surface area contributed by atoms with Crippen molar-refractivity contribution in [2.24, 2.45) is 0 Å². The molecule has 90 valence electrons. The van der Waals surface area contributed by atoms with Crippen molar-refractivity contribution < 1.29 is 0 Å². The average Bonchev–Trinajstić information content (AvgIpc) is 2.68. The van der Waals surface area contributed by atoms with Crippen LogP contribution in [0.4, 0.5) is 0 Å². The normalized spacial score (nSPS) is 11.1. The van der Waals surface area contributed by atoms with Crippen molar-refractivity contribution in [1.82, 2.24) is 9.78 Å². The number of benzene rings is 2. The van der Waals surface area contributed by atoms with Crippen LogP contribution in [0, 0.1) is 13.8 Å². The lowest BCUT2D eigenvalue weighted by Crippen LogP contribution is -1.98. The predicted molar refractivity (Wildman–Crippen MR) is 78.2 cm³/mol. The molecule has 0 aliphatic rings. The van der Waals surface area contributed by atoms with Crippen LogP contribution in [0.2, 0.25) is 0 Å². The molecular weight excluding hydrogens is 288 g/mol. The van der Waals surface area contributed by atoms with E-state index in [0.717, 1.165) is 21.5 Å². The first-order chi connectivity index (χ1) is 8.63. The minimum Gasteiger partial charge on any atom is -0.238 e. The Kier molecular flexibility index (Phi) is 2.71. The second-order valence-corrected chi connectivity index (χ2v) is 5.43. The van der Waals surface area contributed by atoms with Gasteiger partial charge in [0.15, 0.2) is 0 Å². The molecular formula is C15H13BrN2. The molecule has 0 fully saturated rings. The fraction of sp³-hybridized carbons (Fsp3) is 0.133. The zero-order chi connectivity index (χ0) is 12.7. The molecule has 3 heteroatoms. The van der Waals surface area contributed by atoms with Crippen LogP contribution in [-0.2, 0) is 0 Å². The maximum absolute atomic E-state index is 4.51. The van der Waals surface area contributed by atoms with Crippen LogP contribution < -0.4 is 0 Å². The van der Waals surface area contributed by atoms with Crippen LogP contribution in [0.15, 0.2) is 46.9 Å². The third-order valence-electron chi connectivity index (χ3n) is 3.04. The summed E-state index contributed by atoms with van der Waals surface area (Å²) in [4.78, 5) is 0. The summed E-state index contributed by atoms with van der Waals surface area (Å²) in [5, 5.41) is 6.97. The lowest BCUT2D eigenvalue weighted by molar-refractivity contribution is 0.835. The number of nitrogens with zero attached hydrogens (tertiary/aromatic N) is 2. The van der Waals surface area contributed by atoms with Crippen LogP contribution in [0.25, 0.3) is 16.5 Å². The molecule has 2 nitrogen and oxygen atoms in total. The molecule has 0 saturated carbocycles. The Morgan fingerprint density at radius 3 is 2.39 bits per heavy atom. The predicted octanol–water partition coefficient (Wildman–Crippen LogP) is 4.40. The van der Waals surface area contributed by atoms with Crippen molar-refractivity contribution in [3.8, 4) is 5.69 Å². The zero-order valence-electron chi connectivity index (χ0n) is 10.3. The van der Waals surface area contributed by atoms with E-state index in [1.807, 2.05) is 11.6 Å². The van der Waals surface area contributed by atoms with Crippen LogP contribution >= 0.6 is 15.9 Å². The number of halogens is 1. The summed E-state index contributed by atoms with van der Waals surface area (Å²) in [6.07, 6.45) is 0. The third-order valence-corrected chi connectivity index (χ3v) is 3.53. The highest BCUT2D eigenvalue weighted by Gasteiger charge is 2.04. The number of aryl methyl sites for hydroxylation is 2. The van der Waals surface area contributed by atoms with Crippen molar-refractivity contribution in [3.05, 3.63) is 58.3 Å². The molecule has 1 heterocycles. The average molecular weight is 301 g/mol. The standard InChI is InChI=1S/C15H13BrN2/c1-10-7-11(2)18(17-10)15-6-4-12-8-14(16)5-3-13(12)9-15/h3-9H,1-2H3. The summed E-state index contributed by atoms with van der Waals surface area (Å²) >= 11 is 3.49. The van der Waals surface area contributed by atoms with E-state index >= 15 is 0 Å². The molecule has 3 aromatic rings. The molecule has 0 N–H and O–H groups in total. The highest BCUT2D eigenvalue weighted by molar-refractivity contribution is 9.10. The van der Waals surface area contributed by atoms with Gasteiger partial charge in [-0.25, -0.2) is 4.68 Å². The highest BCUT2D eigenvalue weighted by atomic mass is 79.9. The van der Waals surface area contributed by atoms with Gasteiger partial charge in [0.2, 0.25) is 0 Å². The molecule has 18 heavy (non-hydrogen) atoms. The van der Waals surface area contributed by atoms with Crippen LogP contribution in [0.5, 0.6) is 0 Å². The molecule has 0 saturated heterocycles. The van der Waals surface area contributed by atoms with E-state index in [1.54, 1.807) is 0 Å². The fourth-order valence-corrected chi connectivity index (χ4v) is 2.60. The Bertz CT molecular complexity index is 728. The number of aromatic nitrogens is 2. The van der Waals surface area contributed by atoms with Gasteiger partial charge in [0.1, 0.15) is 0 Å². The molecule has 0 amide bonds. The molecule has 3 rings (SSSR count). The number of hydrogen-bond donors (Lipinski definition) is 0. The Labute approximate surface area is 114 Å². The molecule has 0 spiro atoms. The summed E-state index contributed by atoms with van der Waals surface area (Å²) in [6.45, 7) is 4.09. The van der Waals surface area contributed by atoms with Gasteiger partial charge in [0.05, 0.1) is 11.4 Å². The summed E-state index contributed by atoms with van der Waals surface area (Å²) in [6, 6.07) is 14.8. The van der Waals surface area contributed by atoms with Gasteiger partial charge in [-0.15, -0.1) is 0 Å². The van der Waals surface area contributed by atoms with E-state index in [9.17, 15) is 0 Å². The lowest BCUT2D eigenvalue weighted by Gasteiger charge is -2.06. The van der Waals surface area contributed by atoms with Crippen molar-refractivity contribution in [2.45, 2.75) is 13.8 Å². The van der Waals surface area contributed by atoms with E-state index in [1.165, 1.54) is 10.8 Å². The number of hydrogen-bond acceptors (Lipinski definition) is 1. The number of fused-ring (bicyclic) bond motifs is 1. The second kappa shape index (κ2) is 4.25. The van der Waals surface area contributed by atoms with Gasteiger partial charge in [-0.1, -0.05) is 28.1 Å². The van der Waals surface area contributed by atoms with E-state index in [2.05, 4.69) is 70.4 Å². The third kappa shape index (κ3) is 1.95. The van der Waals surface area contributed by atoms with Crippen molar-refractivity contribution >= 4 is 26.7 Å². The Balaban J connectivity index is 2.19. The van der Waals surface area contributed by atoms with E-state index in [-0.39, 0.29) is 0 Å².